The molecule has 7 heteroatoms. The number of ether oxygens (including phenoxy) is 1. The van der Waals surface area contributed by atoms with Gasteiger partial charge in [0.15, 0.2) is 0 Å². The number of benzene rings is 2. The average Bonchev–Trinajstić information content (AvgIpc) is 2.75. The molecule has 30 heavy (non-hydrogen) atoms. The zero-order chi connectivity index (χ0) is 21.1. The molecule has 3 aromatic rings. The van der Waals surface area contributed by atoms with E-state index in [2.05, 4.69) is 14.9 Å². The van der Waals surface area contributed by atoms with Crippen LogP contribution in [0, 0.1) is 13.8 Å². The second-order valence-electron chi connectivity index (χ2n) is 7.29. The first kappa shape index (κ1) is 20.2. The summed E-state index contributed by atoms with van der Waals surface area (Å²) in [6.45, 7) is 6.44. The van der Waals surface area contributed by atoms with E-state index in [0.29, 0.717) is 48.5 Å². The zero-order valence-corrected chi connectivity index (χ0v) is 17.8. The number of nitrogens with zero attached hydrogens (tertiary/aromatic N) is 4. The average molecular weight is 423 g/mol. The van der Waals surface area contributed by atoms with E-state index in [1.807, 2.05) is 61.2 Å². The van der Waals surface area contributed by atoms with Gasteiger partial charge in [-0.05, 0) is 38.1 Å². The van der Waals surface area contributed by atoms with Crippen molar-refractivity contribution in [1.29, 1.82) is 0 Å². The Morgan fingerprint density at radius 1 is 0.967 bits per heavy atom. The topological polar surface area (TPSA) is 58.6 Å². The molecule has 2 aromatic carbocycles. The predicted octanol–water partition coefficient (Wildman–Crippen LogP) is 4.50. The molecule has 1 amide bonds. The Kier molecular flexibility index (Phi) is 5.86. The van der Waals surface area contributed by atoms with Crippen molar-refractivity contribution in [3.8, 4) is 11.6 Å². The summed E-state index contributed by atoms with van der Waals surface area (Å²) in [6.07, 6.45) is 0. The molecule has 1 fully saturated rings. The first-order valence-corrected chi connectivity index (χ1v) is 10.3. The van der Waals surface area contributed by atoms with Crippen LogP contribution in [-0.2, 0) is 0 Å². The molecule has 0 bridgehead atoms. The molecule has 154 valence electrons. The minimum Gasteiger partial charge on any atom is -0.439 e. The van der Waals surface area contributed by atoms with Gasteiger partial charge in [0, 0.05) is 32.2 Å². The number of hydrogen-bond acceptors (Lipinski definition) is 5. The molecule has 0 spiro atoms. The fraction of sp³-hybridized carbons (Fsp3) is 0.261. The van der Waals surface area contributed by atoms with Gasteiger partial charge in [0.1, 0.15) is 17.4 Å². The third-order valence-electron chi connectivity index (χ3n) is 5.04. The number of halogens is 1. The predicted molar refractivity (Wildman–Crippen MR) is 118 cm³/mol. The summed E-state index contributed by atoms with van der Waals surface area (Å²) >= 11 is 6.18. The Morgan fingerprint density at radius 3 is 2.37 bits per heavy atom. The van der Waals surface area contributed by atoms with E-state index in [1.54, 1.807) is 12.1 Å². The number of carbonyl (C=O) groups excluding carboxylic acids is 1. The third kappa shape index (κ3) is 4.54. The molecule has 0 unspecified atom stereocenters. The number of amides is 1. The number of anilines is 1. The van der Waals surface area contributed by atoms with Crippen molar-refractivity contribution in [3.63, 3.8) is 0 Å². The van der Waals surface area contributed by atoms with E-state index in [1.165, 1.54) is 5.56 Å². The maximum atomic E-state index is 12.8. The van der Waals surface area contributed by atoms with Crippen LogP contribution in [0.25, 0.3) is 0 Å². The van der Waals surface area contributed by atoms with Gasteiger partial charge in [-0.3, -0.25) is 4.79 Å². The normalized spacial score (nSPS) is 14.0. The van der Waals surface area contributed by atoms with Crippen molar-refractivity contribution in [2.45, 2.75) is 13.8 Å². The molecule has 0 radical (unpaired) electrons. The molecule has 1 aliphatic rings. The van der Waals surface area contributed by atoms with Crippen LogP contribution in [0.4, 0.5) is 5.82 Å². The van der Waals surface area contributed by atoms with Crippen LogP contribution >= 0.6 is 11.6 Å². The summed E-state index contributed by atoms with van der Waals surface area (Å²) in [7, 11) is 0. The second kappa shape index (κ2) is 8.71. The van der Waals surface area contributed by atoms with Crippen molar-refractivity contribution >= 4 is 23.3 Å². The first-order valence-electron chi connectivity index (χ1n) is 9.88. The van der Waals surface area contributed by atoms with Gasteiger partial charge in [0.05, 0.1) is 10.6 Å². The van der Waals surface area contributed by atoms with Gasteiger partial charge in [0.2, 0.25) is 5.88 Å². The molecule has 1 aromatic heterocycles. The summed E-state index contributed by atoms with van der Waals surface area (Å²) in [5.74, 6) is 2.65. The van der Waals surface area contributed by atoms with E-state index in [4.69, 9.17) is 16.3 Å². The van der Waals surface area contributed by atoms with E-state index in [9.17, 15) is 4.79 Å². The maximum absolute atomic E-state index is 12.8. The Morgan fingerprint density at radius 2 is 1.67 bits per heavy atom. The second-order valence-corrected chi connectivity index (χ2v) is 7.69. The van der Waals surface area contributed by atoms with Gasteiger partial charge in [-0.1, -0.05) is 41.4 Å². The van der Waals surface area contributed by atoms with Crippen molar-refractivity contribution in [2.24, 2.45) is 0 Å². The van der Waals surface area contributed by atoms with E-state index in [0.717, 1.165) is 11.6 Å². The summed E-state index contributed by atoms with van der Waals surface area (Å²) in [5, 5.41) is 0.481. The van der Waals surface area contributed by atoms with E-state index in [-0.39, 0.29) is 5.91 Å². The van der Waals surface area contributed by atoms with E-state index >= 15 is 0 Å². The molecule has 0 atom stereocenters. The van der Waals surface area contributed by atoms with Crippen molar-refractivity contribution in [1.82, 2.24) is 14.9 Å². The molecule has 2 heterocycles. The number of aromatic nitrogens is 2. The molecule has 0 saturated carbocycles. The monoisotopic (exact) mass is 422 g/mol. The lowest BCUT2D eigenvalue weighted by molar-refractivity contribution is 0.0746. The van der Waals surface area contributed by atoms with Crippen LogP contribution in [0.2, 0.25) is 5.02 Å². The molecule has 4 rings (SSSR count). The molecule has 0 aliphatic carbocycles. The van der Waals surface area contributed by atoms with Crippen LogP contribution < -0.4 is 9.64 Å². The number of hydrogen-bond donors (Lipinski definition) is 0. The molecular weight excluding hydrogens is 400 g/mol. The fourth-order valence-corrected chi connectivity index (χ4v) is 3.63. The Labute approximate surface area is 181 Å². The molecule has 0 N–H and O–H groups in total. The number of piperazine rings is 1. The Hall–Kier alpha value is -3.12. The Bertz CT molecular complexity index is 1050. The van der Waals surface area contributed by atoms with E-state index < -0.39 is 0 Å². The number of aryl methyl sites for hydroxylation is 2. The minimum absolute atomic E-state index is 0.0393. The highest BCUT2D eigenvalue weighted by Crippen LogP contribution is 2.25. The molecule has 1 saturated heterocycles. The maximum Gasteiger partial charge on any atom is 0.255 e. The lowest BCUT2D eigenvalue weighted by Crippen LogP contribution is -2.49. The molecular formula is C23H23ClN4O2. The minimum atomic E-state index is -0.0393. The molecule has 6 nitrogen and oxygen atoms in total. The SMILES string of the molecule is Cc1ccc(Oc2cc(N3CCN(C(=O)c4ccccc4Cl)CC3)nc(C)n2)cc1. The zero-order valence-electron chi connectivity index (χ0n) is 17.0. The summed E-state index contributed by atoms with van der Waals surface area (Å²) < 4.78 is 5.92. The smallest absolute Gasteiger partial charge is 0.255 e. The fourth-order valence-electron chi connectivity index (χ4n) is 3.41. The van der Waals surface area contributed by atoms with Crippen LogP contribution in [0.15, 0.2) is 54.6 Å². The van der Waals surface area contributed by atoms with Crippen LogP contribution in [0.5, 0.6) is 11.6 Å². The summed E-state index contributed by atoms with van der Waals surface area (Å²) in [6, 6.07) is 16.8. The number of rotatable bonds is 4. The largest absolute Gasteiger partial charge is 0.439 e. The number of carbonyl (C=O) groups is 1. The van der Waals surface area contributed by atoms with Crippen molar-refractivity contribution in [2.75, 3.05) is 31.1 Å². The summed E-state index contributed by atoms with van der Waals surface area (Å²) in [5.41, 5.74) is 1.71. The third-order valence-corrected chi connectivity index (χ3v) is 5.37. The van der Waals surface area contributed by atoms with Crippen LogP contribution in [0.3, 0.4) is 0 Å². The lowest BCUT2D eigenvalue weighted by atomic mass is 10.2. The van der Waals surface area contributed by atoms with Gasteiger partial charge in [-0.25, -0.2) is 4.98 Å². The van der Waals surface area contributed by atoms with Gasteiger partial charge in [0.25, 0.3) is 5.91 Å². The Balaban J connectivity index is 1.44. The van der Waals surface area contributed by atoms with Crippen LogP contribution in [0.1, 0.15) is 21.7 Å². The van der Waals surface area contributed by atoms with Gasteiger partial charge < -0.3 is 14.5 Å². The first-order chi connectivity index (χ1) is 14.5. The van der Waals surface area contributed by atoms with Crippen LogP contribution in [-0.4, -0.2) is 47.0 Å². The van der Waals surface area contributed by atoms with Gasteiger partial charge in [-0.15, -0.1) is 0 Å². The van der Waals surface area contributed by atoms with Gasteiger partial charge in [-0.2, -0.15) is 4.98 Å². The lowest BCUT2D eigenvalue weighted by Gasteiger charge is -2.35. The molecule has 1 aliphatic heterocycles. The highest BCUT2D eigenvalue weighted by molar-refractivity contribution is 6.33. The standard InChI is InChI=1S/C23H23ClN4O2/c1-16-7-9-18(10-8-16)30-22-15-21(25-17(2)26-22)27-11-13-28(14-12-27)23(29)19-5-3-4-6-20(19)24/h3-10,15H,11-14H2,1-2H3. The highest BCUT2D eigenvalue weighted by atomic mass is 35.5. The quantitative estimate of drug-likeness (QED) is 0.619. The van der Waals surface area contributed by atoms with Gasteiger partial charge >= 0.3 is 0 Å². The summed E-state index contributed by atoms with van der Waals surface area (Å²) in [4.78, 5) is 25.7. The highest BCUT2D eigenvalue weighted by Gasteiger charge is 2.24. The van der Waals surface area contributed by atoms with Crippen molar-refractivity contribution < 1.29 is 9.53 Å². The van der Waals surface area contributed by atoms with Crippen molar-refractivity contribution in [3.05, 3.63) is 76.6 Å².